The number of hydrogen-bond acceptors (Lipinski definition) is 10. The molecular weight excluding hydrogens is 1060 g/mol. The van der Waals surface area contributed by atoms with E-state index in [2.05, 4.69) is 110 Å². The van der Waals surface area contributed by atoms with Crippen molar-refractivity contribution in [3.8, 4) is 34.5 Å². The summed E-state index contributed by atoms with van der Waals surface area (Å²) in [6.07, 6.45) is 20.0. The lowest BCUT2D eigenvalue weighted by molar-refractivity contribution is 0.327. The Morgan fingerprint density at radius 3 is 0.651 bits per heavy atom. The lowest BCUT2D eigenvalue weighted by atomic mass is 9.89. The number of nitrogens with zero attached hydrogens (tertiary/aromatic N) is 4. The molecule has 448 valence electrons. The summed E-state index contributed by atoms with van der Waals surface area (Å²) >= 11 is 0. The highest BCUT2D eigenvalue weighted by Gasteiger charge is 2.25. The van der Waals surface area contributed by atoms with Crippen molar-refractivity contribution < 1.29 is 29.9 Å². The molecule has 0 heterocycles. The molecule has 0 saturated carbocycles. The highest BCUT2D eigenvalue weighted by Crippen LogP contribution is 2.41. The van der Waals surface area contributed by atoms with E-state index in [-0.39, 0.29) is 49.1 Å². The van der Waals surface area contributed by atoms with Crippen molar-refractivity contribution in [2.45, 2.75) is 64.7 Å². The van der Waals surface area contributed by atoms with Gasteiger partial charge in [0.05, 0.1) is 0 Å². The maximum Gasteiger partial charge on any atom is 0.126 e. The summed E-state index contributed by atoms with van der Waals surface area (Å²) in [6, 6.07) is 28.4. The van der Waals surface area contributed by atoms with Crippen LogP contribution in [-0.4, -0.2) is 106 Å². The van der Waals surface area contributed by atoms with Gasteiger partial charge < -0.3 is 29.9 Å². The zero-order chi connectivity index (χ0) is 61.5. The molecule has 0 spiro atoms. The van der Waals surface area contributed by atoms with Crippen molar-refractivity contribution in [3.05, 3.63) is 300 Å². The molecule has 10 nitrogen and oxygen atoms in total. The Bertz CT molecular complexity index is 2960. The van der Waals surface area contributed by atoms with Crippen LogP contribution in [0.2, 0.25) is 0 Å². The largest absolute Gasteiger partial charge is 0.507 e. The second-order valence-electron chi connectivity index (χ2n) is 22.2. The summed E-state index contributed by atoms with van der Waals surface area (Å²) in [4.78, 5) is 8.91. The first-order valence-electron chi connectivity index (χ1n) is 29.6. The Balaban J connectivity index is 1.55. The molecule has 0 fully saturated rings. The summed E-state index contributed by atoms with van der Waals surface area (Å²) in [5.74, 6) is 1.70. The molecule has 0 unspecified atom stereocenters. The molecule has 12 bridgehead atoms. The van der Waals surface area contributed by atoms with Crippen LogP contribution in [0.4, 0.5) is 0 Å². The molecule has 0 saturated heterocycles. The van der Waals surface area contributed by atoms with Gasteiger partial charge in [0, 0.05) is 117 Å². The topological polar surface area (TPSA) is 112 Å². The standard InChI is InChI=1S/C76H88N4O6/c1-11-27-77(28-12-2)51-55-37-63-45-59-23-21-24-60(75(59)85-35-19-9)46-65-39-57(53-79(31-15-5)32-16-6)43-69(73(65)83)50-70-44-58(54-80(33-17-7)34-18-8)40-66(74(70)84)48-62-26-22-25-61(76(62)86-36-20-10)47-64-38-56(52-78(29-13-3)30-14-4)42-68(72(64)82)49-67(41-55)71(63)81/h11-26,37-44,81-84H,1-10,27-36,45-54H2. The van der Waals surface area contributed by atoms with Crippen LogP contribution in [0.15, 0.2) is 211 Å². The minimum Gasteiger partial charge on any atom is -0.507 e. The molecule has 10 heteroatoms. The Hall–Kier alpha value is -8.64. The van der Waals surface area contributed by atoms with Gasteiger partial charge in [0.2, 0.25) is 0 Å². The fourth-order valence-corrected chi connectivity index (χ4v) is 11.8. The first-order valence-corrected chi connectivity index (χ1v) is 29.6. The van der Waals surface area contributed by atoms with Gasteiger partial charge in [0.1, 0.15) is 47.7 Å². The maximum absolute atomic E-state index is 12.7. The molecule has 6 aromatic rings. The lowest BCUT2D eigenvalue weighted by Crippen LogP contribution is -2.23. The first-order chi connectivity index (χ1) is 41.8. The highest BCUT2D eigenvalue weighted by atomic mass is 16.5. The van der Waals surface area contributed by atoms with Crippen molar-refractivity contribution in [2.24, 2.45) is 0 Å². The molecule has 4 N–H and O–H groups in total. The van der Waals surface area contributed by atoms with Crippen LogP contribution in [-0.2, 0) is 64.7 Å². The SMILES string of the molecule is C=CCOc1c2cccc1Cc1cc(CN(CC=C)CC=C)cc(c1O)Cc1cc(CN(CC=C)CC=C)cc(c1O)Cc1cccc(c1OCC=C)Cc1cc(CN(CC=C)CC=C)cc(c1O)Cc1cc(CN(CC=C)CC=C)cc(c1O)C2. The number of fused-ring (bicyclic) bond motifs is 12. The lowest BCUT2D eigenvalue weighted by Gasteiger charge is -2.24. The second-order valence-corrected chi connectivity index (χ2v) is 22.2. The van der Waals surface area contributed by atoms with Crippen LogP contribution >= 0.6 is 0 Å². The smallest absolute Gasteiger partial charge is 0.126 e. The Morgan fingerprint density at radius 2 is 0.477 bits per heavy atom. The van der Waals surface area contributed by atoms with E-state index in [1.54, 1.807) is 12.2 Å². The average molecular weight is 1150 g/mol. The van der Waals surface area contributed by atoms with Gasteiger partial charge in [0.25, 0.3) is 0 Å². The zero-order valence-corrected chi connectivity index (χ0v) is 50.5. The summed E-state index contributed by atoms with van der Waals surface area (Å²) in [5.41, 5.74) is 12.5. The minimum atomic E-state index is 0.115. The number of phenolic OH excluding ortho intramolecular Hbond substituents is 4. The molecule has 0 aromatic heterocycles. The molecule has 86 heavy (non-hydrogen) atoms. The zero-order valence-electron chi connectivity index (χ0n) is 50.5. The molecule has 0 radical (unpaired) electrons. The van der Waals surface area contributed by atoms with Gasteiger partial charge in [-0.25, -0.2) is 0 Å². The number of rotatable bonds is 30. The summed E-state index contributed by atoms with van der Waals surface area (Å²) < 4.78 is 13.3. The van der Waals surface area contributed by atoms with Crippen LogP contribution < -0.4 is 9.47 Å². The van der Waals surface area contributed by atoms with E-state index in [0.717, 1.165) is 44.5 Å². The third kappa shape index (κ3) is 17.3. The van der Waals surface area contributed by atoms with E-state index in [4.69, 9.17) is 9.47 Å². The van der Waals surface area contributed by atoms with Gasteiger partial charge in [0.15, 0.2) is 0 Å². The van der Waals surface area contributed by atoms with Crippen LogP contribution in [0, 0.1) is 0 Å². The predicted molar refractivity (Wildman–Crippen MR) is 356 cm³/mol. The van der Waals surface area contributed by atoms with Crippen molar-refractivity contribution in [3.63, 3.8) is 0 Å². The Labute approximate surface area is 512 Å². The maximum atomic E-state index is 12.7. The molecule has 6 aromatic carbocycles. The van der Waals surface area contributed by atoms with Crippen molar-refractivity contribution in [1.82, 2.24) is 19.6 Å². The predicted octanol–water partition coefficient (Wildman–Crippen LogP) is 14.2. The monoisotopic (exact) mass is 1150 g/mol. The number of hydrogen-bond donors (Lipinski definition) is 4. The molecule has 7 rings (SSSR count). The van der Waals surface area contributed by atoms with Crippen LogP contribution in [0.3, 0.4) is 0 Å². The average Bonchev–Trinajstić information content (AvgIpc) is 2.81. The van der Waals surface area contributed by atoms with Gasteiger partial charge >= 0.3 is 0 Å². The Kier molecular flexibility index (Phi) is 24.6. The van der Waals surface area contributed by atoms with Crippen LogP contribution in [0.25, 0.3) is 0 Å². The van der Waals surface area contributed by atoms with Gasteiger partial charge in [-0.15, -0.1) is 52.6 Å². The van der Waals surface area contributed by atoms with Gasteiger partial charge in [-0.05, 0) is 89.0 Å². The van der Waals surface area contributed by atoms with E-state index in [9.17, 15) is 20.4 Å². The third-order valence-electron chi connectivity index (χ3n) is 15.4. The molecule has 0 amide bonds. The van der Waals surface area contributed by atoms with E-state index in [1.807, 2.05) is 109 Å². The van der Waals surface area contributed by atoms with Crippen molar-refractivity contribution >= 4 is 0 Å². The normalized spacial score (nSPS) is 12.2. The number of para-hydroxylation sites is 2. The molecular formula is C76H88N4O6. The van der Waals surface area contributed by atoms with Crippen LogP contribution in [0.5, 0.6) is 34.5 Å². The highest BCUT2D eigenvalue weighted by molar-refractivity contribution is 5.58. The summed E-state index contributed by atoms with van der Waals surface area (Å²) in [7, 11) is 0. The van der Waals surface area contributed by atoms with E-state index < -0.39 is 0 Å². The number of phenols is 4. The third-order valence-corrected chi connectivity index (χ3v) is 15.4. The Morgan fingerprint density at radius 1 is 0.291 bits per heavy atom. The quantitative estimate of drug-likeness (QED) is 0.0325. The van der Waals surface area contributed by atoms with Gasteiger partial charge in [-0.2, -0.15) is 0 Å². The molecule has 1 aliphatic carbocycles. The van der Waals surface area contributed by atoms with Gasteiger partial charge in [-0.3, -0.25) is 19.6 Å². The summed E-state index contributed by atoms with van der Waals surface area (Å²) in [5, 5.41) is 51.0. The molecule has 0 atom stereocenters. The van der Waals surface area contributed by atoms with Crippen molar-refractivity contribution in [1.29, 1.82) is 0 Å². The fourth-order valence-electron chi connectivity index (χ4n) is 11.8. The minimum absolute atomic E-state index is 0.115. The second kappa shape index (κ2) is 32.6. The van der Waals surface area contributed by atoms with Crippen LogP contribution in [0.1, 0.15) is 89.0 Å². The van der Waals surface area contributed by atoms with E-state index in [1.165, 1.54) is 0 Å². The molecule has 0 aliphatic heterocycles. The van der Waals surface area contributed by atoms with E-state index in [0.29, 0.717) is 160 Å². The first kappa shape index (κ1) is 64.9. The number of aromatic hydroxyl groups is 4. The number of ether oxygens (including phenoxy) is 2. The van der Waals surface area contributed by atoms with E-state index >= 15 is 0 Å². The van der Waals surface area contributed by atoms with Crippen molar-refractivity contribution in [2.75, 3.05) is 65.6 Å². The van der Waals surface area contributed by atoms with Gasteiger partial charge in [-0.1, -0.05) is 159 Å². The fraction of sp³-hybridized carbons (Fsp3) is 0.263. The number of benzene rings is 6. The molecule has 1 aliphatic rings. The summed E-state index contributed by atoms with van der Waals surface area (Å²) in [6.45, 7) is 47.9.